The minimum absolute atomic E-state index is 0.0698. The standard InChI is InChI=1S/C16H17N5O/c22-16(18-6-2-9-20-11-8-17-13-20)14-4-1-5-15(12-14)21-10-3-7-19-21/h1,3-5,7-8,10-13H,2,6,9H2,(H,18,22). The fraction of sp³-hybridized carbons (Fsp3) is 0.188. The first kappa shape index (κ1) is 14.1. The van der Waals surface area contributed by atoms with Crippen molar-refractivity contribution in [1.82, 2.24) is 24.6 Å². The number of carbonyl (C=O) groups excluding carboxylic acids is 1. The van der Waals surface area contributed by atoms with Gasteiger partial charge in [-0.2, -0.15) is 5.10 Å². The highest BCUT2D eigenvalue weighted by Crippen LogP contribution is 2.09. The van der Waals surface area contributed by atoms with Crippen molar-refractivity contribution in [2.75, 3.05) is 6.54 Å². The van der Waals surface area contributed by atoms with E-state index < -0.39 is 0 Å². The normalized spacial score (nSPS) is 10.5. The van der Waals surface area contributed by atoms with Gasteiger partial charge in [-0.3, -0.25) is 4.79 Å². The Kier molecular flexibility index (Phi) is 4.29. The second-order valence-corrected chi connectivity index (χ2v) is 4.91. The number of aromatic nitrogens is 4. The zero-order chi connectivity index (χ0) is 15.2. The van der Waals surface area contributed by atoms with Gasteiger partial charge in [0.2, 0.25) is 0 Å². The topological polar surface area (TPSA) is 64.7 Å². The van der Waals surface area contributed by atoms with E-state index in [9.17, 15) is 4.79 Å². The molecule has 0 saturated heterocycles. The SMILES string of the molecule is O=C(NCCCn1ccnc1)c1cccc(-n2cccn2)c1. The molecule has 2 aromatic heterocycles. The summed E-state index contributed by atoms with van der Waals surface area (Å²) < 4.78 is 3.72. The van der Waals surface area contributed by atoms with Crippen molar-refractivity contribution in [3.63, 3.8) is 0 Å². The molecule has 0 aliphatic heterocycles. The molecule has 6 heteroatoms. The van der Waals surface area contributed by atoms with Crippen LogP contribution in [0.15, 0.2) is 61.4 Å². The van der Waals surface area contributed by atoms with Gasteiger partial charge >= 0.3 is 0 Å². The molecule has 0 radical (unpaired) electrons. The number of hydrogen-bond acceptors (Lipinski definition) is 3. The van der Waals surface area contributed by atoms with Crippen LogP contribution in [0.3, 0.4) is 0 Å². The number of carbonyl (C=O) groups is 1. The largest absolute Gasteiger partial charge is 0.352 e. The number of rotatable bonds is 6. The van der Waals surface area contributed by atoms with Gasteiger partial charge < -0.3 is 9.88 Å². The summed E-state index contributed by atoms with van der Waals surface area (Å²) in [5, 5.41) is 7.10. The monoisotopic (exact) mass is 295 g/mol. The van der Waals surface area contributed by atoms with Crippen LogP contribution >= 0.6 is 0 Å². The highest BCUT2D eigenvalue weighted by Gasteiger charge is 2.06. The molecule has 1 N–H and O–H groups in total. The van der Waals surface area contributed by atoms with Crippen LogP contribution in [0.5, 0.6) is 0 Å². The Morgan fingerprint density at radius 1 is 1.18 bits per heavy atom. The van der Waals surface area contributed by atoms with Crippen molar-refractivity contribution in [2.45, 2.75) is 13.0 Å². The van der Waals surface area contributed by atoms with E-state index in [2.05, 4.69) is 15.4 Å². The Bertz CT molecular complexity index is 719. The molecule has 0 fully saturated rings. The summed E-state index contributed by atoms with van der Waals surface area (Å²) in [5.74, 6) is -0.0698. The predicted molar refractivity (Wildman–Crippen MR) is 82.7 cm³/mol. The van der Waals surface area contributed by atoms with Crippen molar-refractivity contribution in [1.29, 1.82) is 0 Å². The molecule has 0 bridgehead atoms. The highest BCUT2D eigenvalue weighted by atomic mass is 16.1. The van der Waals surface area contributed by atoms with E-state index in [4.69, 9.17) is 0 Å². The van der Waals surface area contributed by atoms with Gasteiger partial charge in [0.15, 0.2) is 0 Å². The lowest BCUT2D eigenvalue weighted by molar-refractivity contribution is 0.0952. The molecular formula is C16H17N5O. The number of benzene rings is 1. The summed E-state index contributed by atoms with van der Waals surface area (Å²) in [5.41, 5.74) is 1.51. The Balaban J connectivity index is 1.55. The number of amides is 1. The Morgan fingerprint density at radius 3 is 2.91 bits per heavy atom. The first-order chi connectivity index (χ1) is 10.8. The molecule has 1 aromatic carbocycles. The summed E-state index contributed by atoms with van der Waals surface area (Å²) in [7, 11) is 0. The average Bonchev–Trinajstić information content (AvgIpc) is 3.24. The van der Waals surface area contributed by atoms with Crippen LogP contribution in [-0.4, -0.2) is 31.8 Å². The lowest BCUT2D eigenvalue weighted by atomic mass is 10.2. The molecule has 22 heavy (non-hydrogen) atoms. The molecular weight excluding hydrogens is 278 g/mol. The fourth-order valence-corrected chi connectivity index (χ4v) is 2.20. The van der Waals surface area contributed by atoms with E-state index in [1.807, 2.05) is 41.2 Å². The van der Waals surface area contributed by atoms with E-state index >= 15 is 0 Å². The van der Waals surface area contributed by atoms with Crippen LogP contribution in [0.2, 0.25) is 0 Å². The van der Waals surface area contributed by atoms with E-state index in [1.54, 1.807) is 29.5 Å². The minimum atomic E-state index is -0.0698. The Labute approximate surface area is 128 Å². The molecule has 0 saturated carbocycles. The quantitative estimate of drug-likeness (QED) is 0.706. The van der Waals surface area contributed by atoms with E-state index in [0.717, 1.165) is 18.7 Å². The third kappa shape index (κ3) is 3.41. The first-order valence-corrected chi connectivity index (χ1v) is 7.17. The molecule has 112 valence electrons. The third-order valence-corrected chi connectivity index (χ3v) is 3.32. The van der Waals surface area contributed by atoms with Crippen LogP contribution in [0.4, 0.5) is 0 Å². The van der Waals surface area contributed by atoms with Crippen LogP contribution in [0.25, 0.3) is 5.69 Å². The predicted octanol–water partition coefficient (Wildman–Crippen LogP) is 1.89. The number of nitrogens with one attached hydrogen (secondary N) is 1. The van der Waals surface area contributed by atoms with Gasteiger partial charge in [-0.05, 0) is 30.7 Å². The molecule has 0 aliphatic carbocycles. The highest BCUT2D eigenvalue weighted by molar-refractivity contribution is 5.94. The van der Waals surface area contributed by atoms with Gasteiger partial charge in [0, 0.05) is 43.4 Å². The molecule has 0 spiro atoms. The van der Waals surface area contributed by atoms with Gasteiger partial charge in [-0.1, -0.05) is 6.07 Å². The van der Waals surface area contributed by atoms with Crippen molar-refractivity contribution in [3.8, 4) is 5.69 Å². The van der Waals surface area contributed by atoms with Gasteiger partial charge in [0.1, 0.15) is 0 Å². The van der Waals surface area contributed by atoms with Crippen molar-refractivity contribution in [3.05, 3.63) is 67.0 Å². The summed E-state index contributed by atoms with van der Waals surface area (Å²) in [6.07, 6.45) is 9.86. The zero-order valence-electron chi connectivity index (χ0n) is 12.1. The van der Waals surface area contributed by atoms with Gasteiger partial charge in [0.25, 0.3) is 5.91 Å². The summed E-state index contributed by atoms with van der Waals surface area (Å²) in [6.45, 7) is 1.47. The van der Waals surface area contributed by atoms with Crippen LogP contribution in [-0.2, 0) is 6.54 Å². The van der Waals surface area contributed by atoms with Crippen LogP contribution < -0.4 is 5.32 Å². The molecule has 1 amide bonds. The molecule has 6 nitrogen and oxygen atoms in total. The maximum absolute atomic E-state index is 12.2. The minimum Gasteiger partial charge on any atom is -0.352 e. The molecule has 3 aromatic rings. The van der Waals surface area contributed by atoms with Crippen LogP contribution in [0, 0.1) is 0 Å². The number of hydrogen-bond donors (Lipinski definition) is 1. The molecule has 3 rings (SSSR count). The number of aryl methyl sites for hydroxylation is 1. The van der Waals surface area contributed by atoms with Crippen molar-refractivity contribution in [2.24, 2.45) is 0 Å². The van der Waals surface area contributed by atoms with Gasteiger partial charge in [-0.25, -0.2) is 9.67 Å². The molecule has 0 unspecified atom stereocenters. The Morgan fingerprint density at radius 2 is 2.14 bits per heavy atom. The van der Waals surface area contributed by atoms with Gasteiger partial charge in [-0.15, -0.1) is 0 Å². The second kappa shape index (κ2) is 6.71. The first-order valence-electron chi connectivity index (χ1n) is 7.17. The summed E-state index contributed by atoms with van der Waals surface area (Å²) in [6, 6.07) is 9.26. The maximum Gasteiger partial charge on any atom is 0.251 e. The fourth-order valence-electron chi connectivity index (χ4n) is 2.20. The molecule has 2 heterocycles. The molecule has 0 aliphatic rings. The van der Waals surface area contributed by atoms with Crippen molar-refractivity contribution < 1.29 is 4.79 Å². The molecule has 0 atom stereocenters. The third-order valence-electron chi connectivity index (χ3n) is 3.32. The lowest BCUT2D eigenvalue weighted by Gasteiger charge is -2.07. The zero-order valence-corrected chi connectivity index (χ0v) is 12.1. The summed E-state index contributed by atoms with van der Waals surface area (Å²) >= 11 is 0. The lowest BCUT2D eigenvalue weighted by Crippen LogP contribution is -2.25. The van der Waals surface area contributed by atoms with E-state index in [-0.39, 0.29) is 5.91 Å². The van der Waals surface area contributed by atoms with E-state index in [1.165, 1.54) is 0 Å². The Hall–Kier alpha value is -2.89. The summed E-state index contributed by atoms with van der Waals surface area (Å²) in [4.78, 5) is 16.2. The number of imidazole rings is 1. The second-order valence-electron chi connectivity index (χ2n) is 4.91. The smallest absolute Gasteiger partial charge is 0.251 e. The maximum atomic E-state index is 12.2. The van der Waals surface area contributed by atoms with E-state index in [0.29, 0.717) is 12.1 Å². The van der Waals surface area contributed by atoms with Crippen LogP contribution in [0.1, 0.15) is 16.8 Å². The van der Waals surface area contributed by atoms with Gasteiger partial charge in [0.05, 0.1) is 12.0 Å². The average molecular weight is 295 g/mol. The number of nitrogens with zero attached hydrogens (tertiary/aromatic N) is 4. The van der Waals surface area contributed by atoms with Crippen molar-refractivity contribution >= 4 is 5.91 Å².